The van der Waals surface area contributed by atoms with Crippen LogP contribution in [-0.2, 0) is 4.79 Å². The Hall–Kier alpha value is -2.22. The minimum Gasteiger partial charge on any atom is -0.371 e. The van der Waals surface area contributed by atoms with Crippen LogP contribution in [0.4, 0.5) is 13.6 Å². The molecule has 148 valence electrons. The molecule has 2 aliphatic rings. The average molecular weight is 381 g/mol. The Morgan fingerprint density at radius 2 is 2.11 bits per heavy atom. The van der Waals surface area contributed by atoms with Crippen molar-refractivity contribution in [2.24, 2.45) is 5.92 Å². The van der Waals surface area contributed by atoms with Crippen LogP contribution in [0, 0.1) is 17.6 Å². The predicted molar refractivity (Wildman–Crippen MR) is 94.8 cm³/mol. The summed E-state index contributed by atoms with van der Waals surface area (Å²) in [6.07, 6.45) is 0.174. The molecule has 8 heteroatoms. The molecule has 2 saturated heterocycles. The van der Waals surface area contributed by atoms with E-state index in [2.05, 4.69) is 10.6 Å². The number of hydrogen-bond acceptors (Lipinski definition) is 3. The van der Waals surface area contributed by atoms with Gasteiger partial charge in [0.15, 0.2) is 17.9 Å². The van der Waals surface area contributed by atoms with Gasteiger partial charge in [-0.15, -0.1) is 0 Å². The van der Waals surface area contributed by atoms with Crippen LogP contribution >= 0.6 is 0 Å². The van der Waals surface area contributed by atoms with Gasteiger partial charge in [0.25, 0.3) is 0 Å². The standard InChI is InChI=1S/C19H25F2N3O3/c1-11-10-24(8-6-13(11)12-3-4-14(20)15(21)9-12)16(25)5-7-19(2)17(26)22-18(27)23-19/h3-4,9,11,13,17,26H,5-8,10H2,1-2H3,(H2,22,23,27)/t11-,13+,17?,19+/m0/s1. The van der Waals surface area contributed by atoms with E-state index >= 15 is 0 Å². The highest BCUT2D eigenvalue weighted by Gasteiger charge is 2.42. The highest BCUT2D eigenvalue weighted by molar-refractivity contribution is 5.79. The molecular weight excluding hydrogens is 356 g/mol. The number of aliphatic hydroxyl groups excluding tert-OH is 1. The number of aliphatic hydroxyl groups is 1. The molecule has 1 aromatic carbocycles. The summed E-state index contributed by atoms with van der Waals surface area (Å²) >= 11 is 0. The first-order chi connectivity index (χ1) is 12.7. The van der Waals surface area contributed by atoms with Crippen LogP contribution in [0.25, 0.3) is 0 Å². The van der Waals surface area contributed by atoms with E-state index in [4.69, 9.17) is 0 Å². The third-order valence-corrected chi connectivity index (χ3v) is 5.76. The van der Waals surface area contributed by atoms with Crippen molar-refractivity contribution in [3.8, 4) is 0 Å². The van der Waals surface area contributed by atoms with Crippen LogP contribution in [0.2, 0.25) is 0 Å². The SMILES string of the molecule is C[C@H]1CN(C(=O)CC[C@@]2(C)NC(=O)NC2O)CC[C@H]1c1ccc(F)c(F)c1. The number of rotatable bonds is 4. The molecule has 0 radical (unpaired) electrons. The summed E-state index contributed by atoms with van der Waals surface area (Å²) in [5.74, 6) is -1.57. The van der Waals surface area contributed by atoms with Gasteiger partial charge in [0.05, 0.1) is 5.54 Å². The van der Waals surface area contributed by atoms with Gasteiger partial charge in [-0.25, -0.2) is 13.6 Å². The molecule has 1 unspecified atom stereocenters. The van der Waals surface area contributed by atoms with Crippen molar-refractivity contribution in [2.75, 3.05) is 13.1 Å². The number of hydrogen-bond donors (Lipinski definition) is 3. The van der Waals surface area contributed by atoms with Gasteiger partial charge in [-0.1, -0.05) is 13.0 Å². The van der Waals surface area contributed by atoms with Crippen molar-refractivity contribution in [1.29, 1.82) is 0 Å². The van der Waals surface area contributed by atoms with Crippen LogP contribution in [0.1, 0.15) is 44.6 Å². The zero-order valence-corrected chi connectivity index (χ0v) is 15.5. The number of carbonyl (C=O) groups is 2. The summed E-state index contributed by atoms with van der Waals surface area (Å²) in [7, 11) is 0. The van der Waals surface area contributed by atoms with Crippen LogP contribution in [0.3, 0.4) is 0 Å². The van der Waals surface area contributed by atoms with Gasteiger partial charge in [-0.2, -0.15) is 0 Å². The maximum Gasteiger partial charge on any atom is 0.317 e. The number of urea groups is 1. The molecule has 6 nitrogen and oxygen atoms in total. The molecule has 3 amide bonds. The van der Waals surface area contributed by atoms with Crippen molar-refractivity contribution < 1.29 is 23.5 Å². The molecule has 0 spiro atoms. The lowest BCUT2D eigenvalue weighted by atomic mass is 9.81. The van der Waals surface area contributed by atoms with Crippen molar-refractivity contribution in [2.45, 2.75) is 50.8 Å². The molecule has 3 N–H and O–H groups in total. The first-order valence-corrected chi connectivity index (χ1v) is 9.19. The molecule has 2 aliphatic heterocycles. The van der Waals surface area contributed by atoms with Crippen molar-refractivity contribution in [3.05, 3.63) is 35.4 Å². The lowest BCUT2D eigenvalue weighted by Gasteiger charge is -2.38. The molecule has 0 aliphatic carbocycles. The Morgan fingerprint density at radius 3 is 2.70 bits per heavy atom. The number of halogens is 2. The molecule has 0 saturated carbocycles. The highest BCUT2D eigenvalue weighted by Crippen LogP contribution is 2.34. The summed E-state index contributed by atoms with van der Waals surface area (Å²) in [5, 5.41) is 14.9. The fraction of sp³-hybridized carbons (Fsp3) is 0.579. The molecule has 0 bridgehead atoms. The molecule has 1 aromatic rings. The lowest BCUT2D eigenvalue weighted by Crippen LogP contribution is -2.48. The largest absolute Gasteiger partial charge is 0.371 e. The molecule has 3 rings (SSSR count). The average Bonchev–Trinajstić information content (AvgIpc) is 2.87. The van der Waals surface area contributed by atoms with Gasteiger partial charge < -0.3 is 20.6 Å². The maximum atomic E-state index is 13.5. The minimum absolute atomic E-state index is 0.0415. The van der Waals surface area contributed by atoms with Gasteiger partial charge in [0, 0.05) is 19.5 Å². The topological polar surface area (TPSA) is 81.7 Å². The Labute approximate surface area is 156 Å². The second kappa shape index (κ2) is 7.42. The molecule has 4 atom stereocenters. The van der Waals surface area contributed by atoms with E-state index in [-0.39, 0.29) is 24.2 Å². The molecule has 2 heterocycles. The van der Waals surface area contributed by atoms with E-state index < -0.39 is 29.4 Å². The smallest absolute Gasteiger partial charge is 0.317 e. The molecule has 2 fully saturated rings. The number of nitrogens with one attached hydrogen (secondary N) is 2. The molecular formula is C19H25F2N3O3. The van der Waals surface area contributed by atoms with Crippen LogP contribution in [-0.4, -0.2) is 46.8 Å². The number of nitrogens with zero attached hydrogens (tertiary/aromatic N) is 1. The predicted octanol–water partition coefficient (Wildman–Crippen LogP) is 2.09. The van der Waals surface area contributed by atoms with Crippen LogP contribution in [0.5, 0.6) is 0 Å². The van der Waals surface area contributed by atoms with Crippen molar-refractivity contribution in [1.82, 2.24) is 15.5 Å². The fourth-order valence-corrected chi connectivity index (χ4v) is 3.98. The minimum atomic E-state index is -1.03. The van der Waals surface area contributed by atoms with Crippen molar-refractivity contribution >= 4 is 11.9 Å². The van der Waals surface area contributed by atoms with Crippen molar-refractivity contribution in [3.63, 3.8) is 0 Å². The molecule has 27 heavy (non-hydrogen) atoms. The first-order valence-electron chi connectivity index (χ1n) is 9.19. The van der Waals surface area contributed by atoms with Gasteiger partial charge >= 0.3 is 6.03 Å². The quantitative estimate of drug-likeness (QED) is 0.747. The Morgan fingerprint density at radius 1 is 1.37 bits per heavy atom. The summed E-state index contributed by atoms with van der Waals surface area (Å²) in [5.41, 5.74) is -0.119. The zero-order valence-electron chi connectivity index (χ0n) is 15.5. The number of piperidine rings is 1. The Kier molecular flexibility index (Phi) is 5.37. The summed E-state index contributed by atoms with van der Waals surface area (Å²) in [4.78, 5) is 25.7. The second-order valence-corrected chi connectivity index (χ2v) is 7.80. The van der Waals surface area contributed by atoms with Gasteiger partial charge in [-0.05, 0) is 49.3 Å². The van der Waals surface area contributed by atoms with E-state index in [1.165, 1.54) is 6.07 Å². The maximum absolute atomic E-state index is 13.5. The Balaban J connectivity index is 1.56. The van der Waals surface area contributed by atoms with E-state index in [1.54, 1.807) is 17.9 Å². The van der Waals surface area contributed by atoms with Crippen LogP contribution in [0.15, 0.2) is 18.2 Å². The van der Waals surface area contributed by atoms with Crippen LogP contribution < -0.4 is 10.6 Å². The van der Waals surface area contributed by atoms with E-state index in [0.29, 0.717) is 25.9 Å². The van der Waals surface area contributed by atoms with E-state index in [0.717, 1.165) is 11.6 Å². The number of benzene rings is 1. The third-order valence-electron chi connectivity index (χ3n) is 5.76. The normalized spacial score (nSPS) is 30.8. The van der Waals surface area contributed by atoms with Gasteiger partial charge in [-0.3, -0.25) is 4.79 Å². The van der Waals surface area contributed by atoms with Gasteiger partial charge in [0.1, 0.15) is 0 Å². The molecule has 0 aromatic heterocycles. The first kappa shape index (κ1) is 19.5. The Bertz CT molecular complexity index is 745. The number of amides is 3. The summed E-state index contributed by atoms with van der Waals surface area (Å²) in [6.45, 7) is 4.77. The summed E-state index contributed by atoms with van der Waals surface area (Å²) < 4.78 is 26.7. The number of likely N-dealkylation sites (tertiary alicyclic amines) is 1. The monoisotopic (exact) mass is 381 g/mol. The third kappa shape index (κ3) is 4.05. The highest BCUT2D eigenvalue weighted by atomic mass is 19.2. The lowest BCUT2D eigenvalue weighted by molar-refractivity contribution is -0.133. The number of carbonyl (C=O) groups excluding carboxylic acids is 2. The second-order valence-electron chi connectivity index (χ2n) is 7.80. The van der Waals surface area contributed by atoms with E-state index in [1.807, 2.05) is 6.92 Å². The van der Waals surface area contributed by atoms with Gasteiger partial charge in [0.2, 0.25) is 5.91 Å². The fourth-order valence-electron chi connectivity index (χ4n) is 3.98. The zero-order chi connectivity index (χ0) is 19.8. The van der Waals surface area contributed by atoms with E-state index in [9.17, 15) is 23.5 Å². The summed E-state index contributed by atoms with van der Waals surface area (Å²) in [6, 6.07) is 3.55.